The first-order chi connectivity index (χ1) is 8.27. The number of methoxy groups -OCH3 is 1. The molecule has 0 heterocycles. The van der Waals surface area contributed by atoms with Crippen molar-refractivity contribution in [2.24, 2.45) is 0 Å². The van der Waals surface area contributed by atoms with Crippen molar-refractivity contribution >= 4 is 21.7 Å². The van der Waals surface area contributed by atoms with E-state index in [0.717, 1.165) is 7.11 Å². The second kappa shape index (κ2) is 5.26. The van der Waals surface area contributed by atoms with E-state index in [2.05, 4.69) is 9.46 Å². The minimum atomic E-state index is -3.87. The summed E-state index contributed by atoms with van der Waals surface area (Å²) in [4.78, 5) is 11.2. The van der Waals surface area contributed by atoms with E-state index in [0.29, 0.717) is 11.3 Å². The second-order valence-electron chi connectivity index (χ2n) is 3.81. The van der Waals surface area contributed by atoms with Crippen LogP contribution in [0.2, 0.25) is 0 Å². The SMILES string of the molecule is COC(=O)C(C)S(=O)(=O)Nc1ccc(O)cc1C. The standard InChI is InChI=1S/C11H15NO5S/c1-7-6-9(13)4-5-10(7)12-18(15,16)8(2)11(14)17-3/h4-6,8,12-13H,1-3H3. The molecular weight excluding hydrogens is 258 g/mol. The maximum absolute atomic E-state index is 11.9. The van der Waals surface area contributed by atoms with Crippen LogP contribution in [0, 0.1) is 6.92 Å². The highest BCUT2D eigenvalue weighted by Crippen LogP contribution is 2.22. The molecule has 0 spiro atoms. The molecule has 1 aromatic carbocycles. The third kappa shape index (κ3) is 3.13. The molecule has 1 atom stereocenters. The van der Waals surface area contributed by atoms with Crippen molar-refractivity contribution in [3.05, 3.63) is 23.8 Å². The Labute approximate surface area is 106 Å². The van der Waals surface area contributed by atoms with Gasteiger partial charge in [0.05, 0.1) is 12.8 Å². The first-order valence-corrected chi connectivity index (χ1v) is 6.71. The highest BCUT2D eigenvalue weighted by atomic mass is 32.2. The van der Waals surface area contributed by atoms with Gasteiger partial charge in [-0.2, -0.15) is 0 Å². The van der Waals surface area contributed by atoms with Crippen molar-refractivity contribution in [2.45, 2.75) is 19.1 Å². The van der Waals surface area contributed by atoms with Gasteiger partial charge in [-0.15, -0.1) is 0 Å². The zero-order chi connectivity index (χ0) is 13.9. The van der Waals surface area contributed by atoms with Crippen LogP contribution in [0.3, 0.4) is 0 Å². The fourth-order valence-electron chi connectivity index (χ4n) is 1.30. The predicted octanol–water partition coefficient (Wildman–Crippen LogP) is 1.00. The fourth-order valence-corrected chi connectivity index (χ4v) is 2.36. The summed E-state index contributed by atoms with van der Waals surface area (Å²) in [7, 11) is -2.74. The summed E-state index contributed by atoms with van der Waals surface area (Å²) in [6, 6.07) is 4.19. The van der Waals surface area contributed by atoms with Crippen LogP contribution in [-0.2, 0) is 19.6 Å². The lowest BCUT2D eigenvalue weighted by Gasteiger charge is -2.14. The number of anilines is 1. The molecule has 6 nitrogen and oxygen atoms in total. The highest BCUT2D eigenvalue weighted by molar-refractivity contribution is 7.94. The zero-order valence-electron chi connectivity index (χ0n) is 10.3. The van der Waals surface area contributed by atoms with Crippen molar-refractivity contribution in [1.82, 2.24) is 0 Å². The highest BCUT2D eigenvalue weighted by Gasteiger charge is 2.29. The molecule has 0 fully saturated rings. The molecule has 1 aromatic rings. The average Bonchev–Trinajstić information content (AvgIpc) is 2.30. The topological polar surface area (TPSA) is 92.7 Å². The van der Waals surface area contributed by atoms with Gasteiger partial charge in [0, 0.05) is 0 Å². The number of carbonyl (C=O) groups excluding carboxylic acids is 1. The number of phenols is 1. The summed E-state index contributed by atoms with van der Waals surface area (Å²) in [6.07, 6.45) is 0. The lowest BCUT2D eigenvalue weighted by Crippen LogP contribution is -2.33. The number of esters is 1. The molecule has 7 heteroatoms. The summed E-state index contributed by atoms with van der Waals surface area (Å²) in [5.41, 5.74) is 0.860. The Morgan fingerprint density at radius 3 is 2.56 bits per heavy atom. The van der Waals surface area contributed by atoms with Gasteiger partial charge < -0.3 is 9.84 Å². The van der Waals surface area contributed by atoms with Crippen LogP contribution < -0.4 is 4.72 Å². The summed E-state index contributed by atoms with van der Waals surface area (Å²) < 4.78 is 30.4. The number of ether oxygens (including phenoxy) is 1. The molecule has 0 saturated heterocycles. The minimum Gasteiger partial charge on any atom is -0.508 e. The molecule has 100 valence electrons. The molecule has 0 radical (unpaired) electrons. The molecular formula is C11H15NO5S. The van der Waals surface area contributed by atoms with E-state index >= 15 is 0 Å². The summed E-state index contributed by atoms with van der Waals surface area (Å²) in [5.74, 6) is -0.796. The molecule has 0 saturated carbocycles. The molecule has 1 rings (SSSR count). The normalized spacial score (nSPS) is 12.8. The van der Waals surface area contributed by atoms with E-state index < -0.39 is 21.2 Å². The van der Waals surface area contributed by atoms with Gasteiger partial charge in [0.25, 0.3) is 0 Å². The number of sulfonamides is 1. The smallest absolute Gasteiger partial charge is 0.325 e. The molecule has 0 aromatic heterocycles. The predicted molar refractivity (Wildman–Crippen MR) is 66.9 cm³/mol. The van der Waals surface area contributed by atoms with Gasteiger partial charge in [-0.25, -0.2) is 8.42 Å². The molecule has 0 aliphatic carbocycles. The van der Waals surface area contributed by atoms with E-state index in [1.807, 2.05) is 0 Å². The van der Waals surface area contributed by atoms with E-state index in [9.17, 15) is 18.3 Å². The summed E-state index contributed by atoms with van der Waals surface area (Å²) >= 11 is 0. The third-order valence-electron chi connectivity index (χ3n) is 2.46. The van der Waals surface area contributed by atoms with Gasteiger partial charge in [0.15, 0.2) is 5.25 Å². The Kier molecular flexibility index (Phi) is 4.18. The number of hydrogen-bond donors (Lipinski definition) is 2. The summed E-state index contributed by atoms with van der Waals surface area (Å²) in [5, 5.41) is 7.91. The number of rotatable bonds is 4. The number of aryl methyl sites for hydroxylation is 1. The van der Waals surface area contributed by atoms with Crippen LogP contribution in [-0.4, -0.2) is 31.9 Å². The van der Waals surface area contributed by atoms with Crippen LogP contribution >= 0.6 is 0 Å². The van der Waals surface area contributed by atoms with E-state index in [1.54, 1.807) is 6.92 Å². The maximum Gasteiger partial charge on any atom is 0.325 e. The van der Waals surface area contributed by atoms with Gasteiger partial charge in [-0.1, -0.05) is 0 Å². The van der Waals surface area contributed by atoms with Gasteiger partial charge >= 0.3 is 5.97 Å². The minimum absolute atomic E-state index is 0.0384. The Balaban J connectivity index is 2.99. The Morgan fingerprint density at radius 2 is 2.06 bits per heavy atom. The number of aromatic hydroxyl groups is 1. The van der Waals surface area contributed by atoms with Gasteiger partial charge in [-0.05, 0) is 37.6 Å². The molecule has 2 N–H and O–H groups in total. The maximum atomic E-state index is 11.9. The number of benzene rings is 1. The lowest BCUT2D eigenvalue weighted by molar-refractivity contribution is -0.139. The first kappa shape index (κ1) is 14.3. The first-order valence-electron chi connectivity index (χ1n) is 5.17. The molecule has 18 heavy (non-hydrogen) atoms. The van der Waals surface area contributed by atoms with E-state index in [4.69, 9.17) is 0 Å². The van der Waals surface area contributed by atoms with Crippen LogP contribution in [0.5, 0.6) is 5.75 Å². The van der Waals surface area contributed by atoms with Crippen molar-refractivity contribution in [3.63, 3.8) is 0 Å². The van der Waals surface area contributed by atoms with Crippen molar-refractivity contribution in [2.75, 3.05) is 11.8 Å². The molecule has 1 unspecified atom stereocenters. The van der Waals surface area contributed by atoms with Crippen LogP contribution in [0.25, 0.3) is 0 Å². The van der Waals surface area contributed by atoms with Crippen molar-refractivity contribution in [1.29, 1.82) is 0 Å². The largest absolute Gasteiger partial charge is 0.508 e. The van der Waals surface area contributed by atoms with Gasteiger partial charge in [0.2, 0.25) is 10.0 Å². The Morgan fingerprint density at radius 1 is 1.44 bits per heavy atom. The average molecular weight is 273 g/mol. The monoisotopic (exact) mass is 273 g/mol. The van der Waals surface area contributed by atoms with Crippen LogP contribution in [0.15, 0.2) is 18.2 Å². The van der Waals surface area contributed by atoms with Crippen LogP contribution in [0.4, 0.5) is 5.69 Å². The Hall–Kier alpha value is -1.76. The number of hydrogen-bond acceptors (Lipinski definition) is 5. The van der Waals surface area contributed by atoms with Crippen molar-refractivity contribution in [3.8, 4) is 5.75 Å². The molecule has 0 bridgehead atoms. The quantitative estimate of drug-likeness (QED) is 0.630. The van der Waals surface area contributed by atoms with Crippen LogP contribution in [0.1, 0.15) is 12.5 Å². The Bertz CT molecular complexity index is 553. The fraction of sp³-hybridized carbons (Fsp3) is 0.364. The van der Waals surface area contributed by atoms with Gasteiger partial charge in [-0.3, -0.25) is 9.52 Å². The van der Waals surface area contributed by atoms with Gasteiger partial charge in [0.1, 0.15) is 5.75 Å². The lowest BCUT2D eigenvalue weighted by atomic mass is 10.2. The van der Waals surface area contributed by atoms with E-state index in [1.165, 1.54) is 25.1 Å². The van der Waals surface area contributed by atoms with Crippen molar-refractivity contribution < 1.29 is 23.1 Å². The molecule has 0 aliphatic rings. The number of carbonyl (C=O) groups is 1. The summed E-state index contributed by atoms with van der Waals surface area (Å²) in [6.45, 7) is 2.88. The van der Waals surface area contributed by atoms with E-state index in [-0.39, 0.29) is 5.75 Å². The zero-order valence-corrected chi connectivity index (χ0v) is 11.1. The third-order valence-corrected chi connectivity index (χ3v) is 4.09. The second-order valence-corrected chi connectivity index (χ2v) is 5.81. The molecule has 0 amide bonds. The molecule has 0 aliphatic heterocycles. The number of phenolic OH excluding ortho intramolecular Hbond substituents is 1. The number of nitrogens with one attached hydrogen (secondary N) is 1.